The first kappa shape index (κ1) is 37.9. The number of hydrogen-bond acceptors (Lipinski definition) is 7. The first-order valence-corrected chi connectivity index (χ1v) is 18.4. The molecule has 6 rings (SSSR count). The maximum Gasteiger partial charge on any atom is 0.223 e. The monoisotopic (exact) mass is 860 g/mol. The van der Waals surface area contributed by atoms with Gasteiger partial charge in [0.05, 0.1) is 0 Å². The Bertz CT molecular complexity index is 2100. The molecule has 8 heteroatoms. The summed E-state index contributed by atoms with van der Waals surface area (Å²) in [5.74, 6) is 0.286. The van der Waals surface area contributed by atoms with Crippen LogP contribution in [-0.4, -0.2) is 20.9 Å². The van der Waals surface area contributed by atoms with Crippen molar-refractivity contribution in [1.82, 2.24) is 9.97 Å². The largest absolute Gasteiger partial charge is 0.512 e. The van der Waals surface area contributed by atoms with Crippen LogP contribution in [0.4, 0.5) is 0 Å². The molecule has 4 aromatic heterocycles. The second-order valence-corrected chi connectivity index (χ2v) is 16.4. The molecule has 1 radical (unpaired) electrons. The Labute approximate surface area is 306 Å². The third-order valence-electron chi connectivity index (χ3n) is 10.2. The quantitative estimate of drug-likeness (QED) is 0.0937. The molecule has 0 saturated heterocycles. The fourth-order valence-electron chi connectivity index (χ4n) is 5.89. The summed E-state index contributed by atoms with van der Waals surface area (Å²) in [5.41, 5.74) is 4.12. The summed E-state index contributed by atoms with van der Waals surface area (Å²) in [6, 6.07) is 14.5. The van der Waals surface area contributed by atoms with Gasteiger partial charge in [-0.1, -0.05) is 73.4 Å². The molecule has 4 heterocycles. The van der Waals surface area contributed by atoms with Crippen molar-refractivity contribution in [2.24, 2.45) is 10.8 Å². The number of aromatic nitrogens is 2. The van der Waals surface area contributed by atoms with Crippen LogP contribution < -0.4 is 0 Å². The number of rotatable bonds is 8. The summed E-state index contributed by atoms with van der Waals surface area (Å²) in [4.78, 5) is 22.6. The third kappa shape index (κ3) is 7.05. The normalized spacial score (nSPS) is 12.8. The maximum absolute atomic E-state index is 12.2. The maximum atomic E-state index is 12.2. The molecule has 0 amide bonds. The van der Waals surface area contributed by atoms with Crippen molar-refractivity contribution in [1.29, 1.82) is 0 Å². The number of thiophene rings is 2. The Morgan fingerprint density at radius 1 is 0.938 bits per heavy atom. The van der Waals surface area contributed by atoms with E-state index in [1.165, 1.54) is 25.9 Å². The van der Waals surface area contributed by atoms with Crippen LogP contribution in [0.2, 0.25) is 0 Å². The fraction of sp³-hybridized carbons (Fsp3) is 0.425. The van der Waals surface area contributed by atoms with Crippen molar-refractivity contribution in [3.63, 3.8) is 0 Å². The van der Waals surface area contributed by atoms with Gasteiger partial charge >= 0.3 is 0 Å². The third-order valence-corrected chi connectivity index (χ3v) is 12.2. The van der Waals surface area contributed by atoms with Crippen LogP contribution in [0.1, 0.15) is 98.4 Å². The zero-order chi connectivity index (χ0) is 34.3. The van der Waals surface area contributed by atoms with E-state index in [-0.39, 0.29) is 47.9 Å². The second kappa shape index (κ2) is 14.5. The molecule has 0 aliphatic heterocycles. The van der Waals surface area contributed by atoms with E-state index < -0.39 is 0 Å². The molecule has 0 bridgehead atoms. The SMILES string of the molecule is CCC(C)(CC)C(=O)/C=C(\O)C(C)(CC)CC.Cc1cc2c(ccc3c2oc2ncnc(-c4[c-]c5ccsc5c(C(C)(C)C)c4)c23)s1.[Ir]. The first-order valence-electron chi connectivity index (χ1n) is 16.7. The topological polar surface area (TPSA) is 76.2 Å². The summed E-state index contributed by atoms with van der Waals surface area (Å²) < 4.78 is 8.78. The average molecular weight is 860 g/mol. The van der Waals surface area contributed by atoms with Crippen molar-refractivity contribution in [3.8, 4) is 11.3 Å². The molecule has 1 N–H and O–H groups in total. The molecule has 0 aliphatic rings. The average Bonchev–Trinajstić information content (AvgIpc) is 3.79. The number of furan rings is 1. The van der Waals surface area contributed by atoms with E-state index in [0.717, 1.165) is 64.1 Å². The van der Waals surface area contributed by atoms with Crippen LogP contribution in [0.3, 0.4) is 0 Å². The number of benzene rings is 2. The van der Waals surface area contributed by atoms with E-state index in [1.807, 2.05) is 41.5 Å². The van der Waals surface area contributed by atoms with Crippen LogP contribution in [0.5, 0.6) is 0 Å². The molecule has 0 unspecified atom stereocenters. The molecule has 0 saturated carbocycles. The number of aliphatic hydroxyl groups excluding tert-OH is 1. The van der Waals surface area contributed by atoms with E-state index in [0.29, 0.717) is 5.71 Å². The molecule has 0 atom stereocenters. The van der Waals surface area contributed by atoms with E-state index in [2.05, 4.69) is 74.5 Å². The number of nitrogens with zero attached hydrogens (tertiary/aromatic N) is 2. The molecule has 48 heavy (non-hydrogen) atoms. The van der Waals surface area contributed by atoms with Crippen LogP contribution in [0, 0.1) is 23.8 Å². The van der Waals surface area contributed by atoms with Crippen molar-refractivity contribution in [2.45, 2.75) is 100 Å². The second-order valence-electron chi connectivity index (χ2n) is 14.2. The number of aryl methyl sites for hydroxylation is 1. The Hall–Kier alpha value is -2.90. The summed E-state index contributed by atoms with van der Waals surface area (Å²) >= 11 is 3.56. The molecule has 0 fully saturated rings. The number of carbonyl (C=O) groups excluding carboxylic acids is 1. The molecular weight excluding hydrogens is 813 g/mol. The summed E-state index contributed by atoms with van der Waals surface area (Å²) in [6.07, 6.45) is 6.35. The van der Waals surface area contributed by atoms with Gasteiger partial charge in [-0.25, -0.2) is 4.98 Å². The van der Waals surface area contributed by atoms with Crippen molar-refractivity contribution in [2.75, 3.05) is 0 Å². The summed E-state index contributed by atoms with van der Waals surface area (Å²) in [6.45, 7) is 21.0. The van der Waals surface area contributed by atoms with Gasteiger partial charge in [0.15, 0.2) is 5.78 Å². The van der Waals surface area contributed by atoms with Gasteiger partial charge in [0.1, 0.15) is 17.7 Å². The predicted octanol–water partition coefficient (Wildman–Crippen LogP) is 12.5. The standard InChI is InChI=1S/C25H19N2OS2.C15H28O2.Ir/c1-13-9-17-19(30-13)6-5-16-20-21(26-12-27-24(20)28-22(16)17)15-10-14-7-8-29-23(14)18(11-15)25(2,3)4;1-7-14(5,8-2)12(16)11-13(17)15(6,9-3)10-4;/h5-9,11-12H,1-4H3;11,16H,7-10H2,1-6H3;/q-1;;/b;12-11-;. The van der Waals surface area contributed by atoms with Gasteiger partial charge in [-0.2, -0.15) is 11.3 Å². The minimum atomic E-state index is -0.337. The molecular formula is C40H47IrN2O3S2-. The Morgan fingerprint density at radius 2 is 1.60 bits per heavy atom. The van der Waals surface area contributed by atoms with Gasteiger partial charge in [-0.15, -0.1) is 34.9 Å². The van der Waals surface area contributed by atoms with Crippen molar-refractivity contribution < 1.29 is 34.4 Å². The Morgan fingerprint density at radius 3 is 2.23 bits per heavy atom. The van der Waals surface area contributed by atoms with Gasteiger partial charge in [-0.05, 0) is 66.3 Å². The van der Waals surface area contributed by atoms with E-state index in [4.69, 9.17) is 9.40 Å². The van der Waals surface area contributed by atoms with Gasteiger partial charge in [0, 0.05) is 68.4 Å². The van der Waals surface area contributed by atoms with Gasteiger partial charge in [-0.3, -0.25) is 9.78 Å². The van der Waals surface area contributed by atoms with Crippen LogP contribution in [0.15, 0.2) is 58.3 Å². The molecule has 0 aliphatic carbocycles. The molecule has 2 aromatic carbocycles. The van der Waals surface area contributed by atoms with Crippen molar-refractivity contribution in [3.05, 3.63) is 70.4 Å². The van der Waals surface area contributed by atoms with Crippen molar-refractivity contribution >= 4 is 70.7 Å². The summed E-state index contributed by atoms with van der Waals surface area (Å²) in [7, 11) is 0. The fourth-order valence-corrected chi connectivity index (χ4v) is 7.89. The van der Waals surface area contributed by atoms with Gasteiger partial charge in [0.2, 0.25) is 5.71 Å². The number of allylic oxidation sites excluding steroid dienone is 2. The minimum Gasteiger partial charge on any atom is -0.512 e. The first-order chi connectivity index (χ1) is 22.2. The number of ketones is 1. The Balaban J connectivity index is 0.000000251. The molecule has 257 valence electrons. The van der Waals surface area contributed by atoms with E-state index in [9.17, 15) is 9.90 Å². The van der Waals surface area contributed by atoms with Gasteiger partial charge < -0.3 is 9.52 Å². The van der Waals surface area contributed by atoms with E-state index in [1.54, 1.807) is 29.0 Å². The zero-order valence-corrected chi connectivity index (χ0v) is 33.8. The van der Waals surface area contributed by atoms with Crippen LogP contribution >= 0.6 is 22.7 Å². The van der Waals surface area contributed by atoms with Gasteiger partial charge in [0.25, 0.3) is 0 Å². The van der Waals surface area contributed by atoms with Crippen LogP contribution in [0.25, 0.3) is 53.5 Å². The predicted molar refractivity (Wildman–Crippen MR) is 201 cm³/mol. The molecule has 5 nitrogen and oxygen atoms in total. The Kier molecular flexibility index (Phi) is 11.5. The number of fused-ring (bicyclic) bond motifs is 6. The summed E-state index contributed by atoms with van der Waals surface area (Å²) in [5, 5.41) is 16.6. The zero-order valence-electron chi connectivity index (χ0n) is 29.8. The van der Waals surface area contributed by atoms with Crippen LogP contribution in [-0.2, 0) is 30.3 Å². The number of carbonyl (C=O) groups is 1. The number of hydrogen-bond donors (Lipinski definition) is 1. The van der Waals surface area contributed by atoms with E-state index >= 15 is 0 Å². The number of aliphatic hydroxyl groups is 1. The smallest absolute Gasteiger partial charge is 0.223 e. The molecule has 0 spiro atoms. The molecule has 6 aromatic rings. The minimum absolute atomic E-state index is 0.